The van der Waals surface area contributed by atoms with Gasteiger partial charge in [-0.2, -0.15) is 0 Å². The van der Waals surface area contributed by atoms with Crippen molar-refractivity contribution in [3.05, 3.63) is 106 Å². The summed E-state index contributed by atoms with van der Waals surface area (Å²) < 4.78 is 45.0. The fourth-order valence-corrected chi connectivity index (χ4v) is 7.29. The van der Waals surface area contributed by atoms with E-state index >= 15 is 0 Å². The molecule has 0 unspecified atom stereocenters. The highest BCUT2D eigenvalue weighted by molar-refractivity contribution is 6.30. The van der Waals surface area contributed by atoms with Crippen molar-refractivity contribution in [3.8, 4) is 22.3 Å². The number of nitrogens with zero attached hydrogens (tertiary/aromatic N) is 4. The Hall–Kier alpha value is -3.82. The van der Waals surface area contributed by atoms with Gasteiger partial charge in [0.15, 0.2) is 0 Å². The predicted octanol–water partition coefficient (Wildman–Crippen LogP) is 9.52. The van der Waals surface area contributed by atoms with Gasteiger partial charge in [-0.25, -0.2) is 18.7 Å². The first-order chi connectivity index (χ1) is 22.0. The molecule has 0 amide bonds. The number of hydrogen-bond donors (Lipinski definition) is 0. The van der Waals surface area contributed by atoms with E-state index in [0.717, 1.165) is 44.3 Å². The zero-order chi connectivity index (χ0) is 32.4. The highest BCUT2D eigenvalue weighted by Crippen LogP contribution is 2.43. The lowest BCUT2D eigenvalue weighted by atomic mass is 10.0. The fourth-order valence-electron chi connectivity index (χ4n) is 6.98. The summed E-state index contributed by atoms with van der Waals surface area (Å²) in [5.74, 6) is -0.756. The molecule has 0 atom stereocenters. The van der Waals surface area contributed by atoms with Crippen molar-refractivity contribution in [3.63, 3.8) is 0 Å². The van der Waals surface area contributed by atoms with Crippen LogP contribution in [0.1, 0.15) is 39.1 Å². The minimum atomic E-state index is -0.378. The predicted molar refractivity (Wildman–Crippen MR) is 178 cm³/mol. The zero-order valence-corrected chi connectivity index (χ0v) is 27.4. The standard InChI is InChI=1S/2C18H16ClFN2O/c2*1-18(2)10-23-9-15-17(12-7-16(19)21-8-13(12)20)11-5-3-4-6-14(11)22(15)18/h2*3-8H,9-10H2,1-2H3. The molecule has 236 valence electrons. The molecule has 0 saturated heterocycles. The lowest BCUT2D eigenvalue weighted by Gasteiger charge is -2.34. The van der Waals surface area contributed by atoms with Crippen LogP contribution in [0, 0.1) is 11.6 Å². The molecular weight excluding hydrogens is 629 g/mol. The molecule has 0 spiro atoms. The van der Waals surface area contributed by atoms with Crippen LogP contribution >= 0.6 is 23.2 Å². The zero-order valence-electron chi connectivity index (χ0n) is 25.9. The Morgan fingerprint density at radius 2 is 1.04 bits per heavy atom. The molecule has 0 bridgehead atoms. The summed E-state index contributed by atoms with van der Waals surface area (Å²) >= 11 is 12.0. The van der Waals surface area contributed by atoms with E-state index in [9.17, 15) is 8.78 Å². The van der Waals surface area contributed by atoms with E-state index in [1.807, 2.05) is 36.4 Å². The molecule has 2 aliphatic heterocycles. The van der Waals surface area contributed by atoms with Crippen molar-refractivity contribution in [2.24, 2.45) is 0 Å². The molecule has 0 N–H and O–H groups in total. The van der Waals surface area contributed by atoms with Gasteiger partial charge in [0, 0.05) is 44.1 Å². The van der Waals surface area contributed by atoms with E-state index in [1.165, 1.54) is 12.4 Å². The number of ether oxygens (including phenoxy) is 2. The molecular formula is C36H32Cl2F2N4O2. The first kappa shape index (κ1) is 30.8. The molecule has 6 nitrogen and oxygen atoms in total. The summed E-state index contributed by atoms with van der Waals surface area (Å²) in [6, 6.07) is 19.3. The van der Waals surface area contributed by atoms with E-state index in [-0.39, 0.29) is 33.0 Å². The molecule has 4 aromatic heterocycles. The number of rotatable bonds is 2. The second-order valence-electron chi connectivity index (χ2n) is 12.9. The van der Waals surface area contributed by atoms with Gasteiger partial charge in [0.05, 0.1) is 61.3 Å². The Labute approximate surface area is 275 Å². The molecule has 0 aliphatic carbocycles. The van der Waals surface area contributed by atoms with E-state index in [2.05, 4.69) is 58.9 Å². The highest BCUT2D eigenvalue weighted by atomic mass is 35.5. The van der Waals surface area contributed by atoms with Gasteiger partial charge in [-0.15, -0.1) is 0 Å². The normalized spacial score (nSPS) is 16.5. The Bertz CT molecular complexity index is 1990. The van der Waals surface area contributed by atoms with Gasteiger partial charge in [-0.3, -0.25) is 0 Å². The average molecular weight is 662 g/mol. The number of hydrogen-bond acceptors (Lipinski definition) is 4. The second kappa shape index (κ2) is 11.5. The molecule has 0 fully saturated rings. The van der Waals surface area contributed by atoms with Crippen molar-refractivity contribution >= 4 is 45.0 Å². The molecule has 10 heteroatoms. The average Bonchev–Trinajstić information content (AvgIpc) is 3.54. The summed E-state index contributed by atoms with van der Waals surface area (Å²) in [7, 11) is 0. The highest BCUT2D eigenvalue weighted by Gasteiger charge is 2.34. The minimum Gasteiger partial charge on any atom is -0.373 e. The number of pyridine rings is 2. The number of aromatic nitrogens is 4. The third-order valence-electron chi connectivity index (χ3n) is 8.73. The maximum atomic E-state index is 14.5. The van der Waals surface area contributed by atoms with Gasteiger partial charge in [-0.1, -0.05) is 59.6 Å². The van der Waals surface area contributed by atoms with Crippen LogP contribution in [0.3, 0.4) is 0 Å². The first-order valence-corrected chi connectivity index (χ1v) is 15.8. The van der Waals surface area contributed by atoms with Gasteiger partial charge in [-0.05, 0) is 52.0 Å². The van der Waals surface area contributed by atoms with Crippen LogP contribution in [0.15, 0.2) is 73.1 Å². The lowest BCUT2D eigenvalue weighted by molar-refractivity contribution is 0.0239. The fraction of sp³-hybridized carbons (Fsp3) is 0.278. The van der Waals surface area contributed by atoms with Crippen molar-refractivity contribution in [2.45, 2.75) is 52.0 Å². The van der Waals surface area contributed by atoms with Crippen molar-refractivity contribution in [2.75, 3.05) is 13.2 Å². The first-order valence-electron chi connectivity index (χ1n) is 15.0. The molecule has 2 aromatic carbocycles. The van der Waals surface area contributed by atoms with E-state index in [4.69, 9.17) is 32.7 Å². The van der Waals surface area contributed by atoms with Gasteiger partial charge < -0.3 is 18.6 Å². The topological polar surface area (TPSA) is 54.1 Å². The minimum absolute atomic E-state index is 0.196. The quantitative estimate of drug-likeness (QED) is 0.174. The van der Waals surface area contributed by atoms with Crippen LogP contribution in [0.25, 0.3) is 44.1 Å². The monoisotopic (exact) mass is 660 g/mol. The third kappa shape index (κ3) is 5.08. The number of fused-ring (bicyclic) bond motifs is 6. The Morgan fingerprint density at radius 1 is 0.652 bits per heavy atom. The molecule has 0 radical (unpaired) electrons. The molecule has 6 aromatic rings. The molecule has 0 saturated carbocycles. The Balaban J connectivity index is 0.000000147. The summed E-state index contributed by atoms with van der Waals surface area (Å²) in [5.41, 5.74) is 6.35. The van der Waals surface area contributed by atoms with Crippen LogP contribution in [0.5, 0.6) is 0 Å². The smallest absolute Gasteiger partial charge is 0.149 e. The SMILES string of the molecule is CC1(C)COCc2c(-c3cc(Cl)ncc3F)c3ccccc3n21.CC1(C)COCc2c(-c3cc(Cl)ncc3F)c3ccccc3n21. The van der Waals surface area contributed by atoms with Crippen molar-refractivity contribution in [1.29, 1.82) is 0 Å². The maximum absolute atomic E-state index is 14.5. The van der Waals surface area contributed by atoms with E-state index in [1.54, 1.807) is 12.1 Å². The molecule has 6 heterocycles. The molecule has 46 heavy (non-hydrogen) atoms. The number of para-hydroxylation sites is 2. The van der Waals surface area contributed by atoms with Crippen LogP contribution in [0.4, 0.5) is 8.78 Å². The van der Waals surface area contributed by atoms with Crippen molar-refractivity contribution in [1.82, 2.24) is 19.1 Å². The van der Waals surface area contributed by atoms with Gasteiger partial charge >= 0.3 is 0 Å². The van der Waals surface area contributed by atoms with Gasteiger partial charge in [0.25, 0.3) is 0 Å². The number of benzene rings is 2. The van der Waals surface area contributed by atoms with Crippen LogP contribution in [-0.4, -0.2) is 32.3 Å². The van der Waals surface area contributed by atoms with E-state index < -0.39 is 0 Å². The maximum Gasteiger partial charge on any atom is 0.149 e. The number of halogens is 4. The van der Waals surface area contributed by atoms with Crippen LogP contribution < -0.4 is 0 Å². The third-order valence-corrected chi connectivity index (χ3v) is 9.14. The van der Waals surface area contributed by atoms with Crippen LogP contribution in [0.2, 0.25) is 10.3 Å². The van der Waals surface area contributed by atoms with E-state index in [0.29, 0.717) is 37.6 Å². The summed E-state index contributed by atoms with van der Waals surface area (Å²) in [5, 5.41) is 2.56. The summed E-state index contributed by atoms with van der Waals surface area (Å²) in [6.07, 6.45) is 2.34. The van der Waals surface area contributed by atoms with Crippen LogP contribution in [-0.2, 0) is 33.8 Å². The lowest BCUT2D eigenvalue weighted by Crippen LogP contribution is -2.37. The summed E-state index contributed by atoms with van der Waals surface area (Å²) in [6.45, 7) is 10.7. The Kier molecular flexibility index (Phi) is 7.67. The van der Waals surface area contributed by atoms with Crippen molar-refractivity contribution < 1.29 is 18.3 Å². The Morgan fingerprint density at radius 3 is 1.46 bits per heavy atom. The largest absolute Gasteiger partial charge is 0.373 e. The van der Waals surface area contributed by atoms with Gasteiger partial charge in [0.2, 0.25) is 0 Å². The molecule has 8 rings (SSSR count). The summed E-state index contributed by atoms with van der Waals surface area (Å²) in [4.78, 5) is 7.64. The second-order valence-corrected chi connectivity index (χ2v) is 13.7. The van der Waals surface area contributed by atoms with Gasteiger partial charge in [0.1, 0.15) is 21.9 Å². The molecule has 2 aliphatic rings.